The highest BCUT2D eigenvalue weighted by Crippen LogP contribution is 2.39. The summed E-state index contributed by atoms with van der Waals surface area (Å²) in [5.74, 6) is 0.667. The van der Waals surface area contributed by atoms with E-state index in [1.165, 1.54) is 6.07 Å². The molecule has 1 aliphatic heterocycles. The summed E-state index contributed by atoms with van der Waals surface area (Å²) in [6.07, 6.45) is 0.0413. The minimum atomic E-state index is -2.74. The molecule has 1 unspecified atom stereocenters. The number of anilines is 1. The second-order valence-corrected chi connectivity index (χ2v) is 12.5. The summed E-state index contributed by atoms with van der Waals surface area (Å²) in [7, 11) is 5.12. The Balaban J connectivity index is 1.61. The van der Waals surface area contributed by atoms with Gasteiger partial charge in [0.2, 0.25) is 0 Å². The van der Waals surface area contributed by atoms with Crippen molar-refractivity contribution >= 4 is 33.8 Å². The van der Waals surface area contributed by atoms with Crippen LogP contribution in [-0.4, -0.2) is 53.2 Å². The number of cyclic esters (lactones) is 1. The monoisotopic (exact) mass is 592 g/mol. The van der Waals surface area contributed by atoms with Crippen LogP contribution in [0.5, 0.6) is 0 Å². The molecule has 11 nitrogen and oxygen atoms in total. The smallest absolute Gasteiger partial charge is 0.407 e. The Hall–Kier alpha value is -4.68. The number of carbonyl (C=O) groups excluding carboxylic acids is 1. The lowest BCUT2D eigenvalue weighted by atomic mass is 9.95. The van der Waals surface area contributed by atoms with E-state index in [4.69, 9.17) is 9.72 Å². The molecule has 1 atom stereocenters. The van der Waals surface area contributed by atoms with E-state index in [0.717, 1.165) is 0 Å². The van der Waals surface area contributed by atoms with Gasteiger partial charge in [0.25, 0.3) is 6.43 Å². The number of aromatic nitrogens is 6. The van der Waals surface area contributed by atoms with E-state index in [2.05, 4.69) is 15.7 Å². The van der Waals surface area contributed by atoms with E-state index < -0.39 is 23.5 Å². The second-order valence-electron chi connectivity index (χ2n) is 12.5. The maximum Gasteiger partial charge on any atom is 0.407 e. The molecule has 0 bridgehead atoms. The van der Waals surface area contributed by atoms with Crippen LogP contribution in [0, 0.1) is 0 Å². The molecule has 0 spiro atoms. The summed E-state index contributed by atoms with van der Waals surface area (Å²) in [5.41, 5.74) is 3.14. The second kappa shape index (κ2) is 9.68. The molecule has 6 rings (SSSR count). The Morgan fingerprint density at radius 3 is 2.44 bits per heavy atom. The van der Waals surface area contributed by atoms with Crippen molar-refractivity contribution in [2.45, 2.75) is 45.1 Å². The zero-order chi connectivity index (χ0) is 31.0. The Morgan fingerprint density at radius 2 is 1.84 bits per heavy atom. The van der Waals surface area contributed by atoms with Gasteiger partial charge in [-0.1, -0.05) is 20.8 Å². The SMILES string of the molecule is Cn1cc(-c2cc3nc(C(C)(C)C)n(-c4cc(NCC5(C)COC(=O)N5)c5c(c4)n(C)c(=O)n5C)c3cc2C(F)F)cn1. The molecule has 2 N–H and O–H groups in total. The molecule has 5 aromatic rings. The number of rotatable bonds is 6. The molecule has 1 amide bonds. The van der Waals surface area contributed by atoms with Crippen LogP contribution < -0.4 is 16.3 Å². The highest BCUT2D eigenvalue weighted by Gasteiger charge is 2.35. The first-order valence-electron chi connectivity index (χ1n) is 13.9. The third kappa shape index (κ3) is 4.72. The fourth-order valence-electron chi connectivity index (χ4n) is 5.72. The fraction of sp³-hybridized carbons (Fsp3) is 0.400. The topological polar surface area (TPSA) is 113 Å². The van der Waals surface area contributed by atoms with Crippen molar-refractivity contribution in [1.29, 1.82) is 0 Å². The third-order valence-electron chi connectivity index (χ3n) is 7.95. The van der Waals surface area contributed by atoms with E-state index >= 15 is 0 Å². The standard InChI is InChI=1S/C30H34F2N8O3/c1-29(2,3)26-35-20-10-18(16-12-34-37(5)13-16)19(25(31)32)11-22(20)40(26)17-8-21(33-14-30(4)15-43-27(41)36-30)24-23(9-17)38(6)28(42)39(24)7/h8-13,25,33H,14-15H2,1-7H3,(H,36,41). The van der Waals surface area contributed by atoms with Crippen molar-refractivity contribution < 1.29 is 18.3 Å². The third-order valence-corrected chi connectivity index (χ3v) is 7.95. The van der Waals surface area contributed by atoms with Crippen LogP contribution >= 0.6 is 0 Å². The van der Waals surface area contributed by atoms with Gasteiger partial charge >= 0.3 is 11.8 Å². The lowest BCUT2D eigenvalue weighted by molar-refractivity contribution is 0.152. The molecule has 4 heterocycles. The van der Waals surface area contributed by atoms with Crippen LogP contribution in [-0.2, 0) is 31.3 Å². The molecule has 226 valence electrons. The number of fused-ring (bicyclic) bond motifs is 2. The molecule has 0 radical (unpaired) electrons. The molecule has 13 heteroatoms. The summed E-state index contributed by atoms with van der Waals surface area (Å²) >= 11 is 0. The lowest BCUT2D eigenvalue weighted by Crippen LogP contribution is -2.46. The molecule has 0 aliphatic carbocycles. The van der Waals surface area contributed by atoms with E-state index in [1.807, 2.05) is 44.4 Å². The number of nitrogens with one attached hydrogen (secondary N) is 2. The largest absolute Gasteiger partial charge is 0.447 e. The lowest BCUT2D eigenvalue weighted by Gasteiger charge is -2.24. The summed E-state index contributed by atoms with van der Waals surface area (Å²) in [6.45, 7) is 8.41. The number of benzene rings is 2. The summed E-state index contributed by atoms with van der Waals surface area (Å²) in [4.78, 5) is 29.8. The predicted octanol–water partition coefficient (Wildman–Crippen LogP) is 4.76. The molecule has 43 heavy (non-hydrogen) atoms. The number of nitrogens with zero attached hydrogens (tertiary/aromatic N) is 6. The maximum absolute atomic E-state index is 14.6. The quantitative estimate of drug-likeness (QED) is 0.294. The van der Waals surface area contributed by atoms with Gasteiger partial charge in [-0.3, -0.25) is 18.4 Å². The molecule has 3 aromatic heterocycles. The molecule has 1 saturated heterocycles. The van der Waals surface area contributed by atoms with Gasteiger partial charge in [-0.2, -0.15) is 5.10 Å². The molecule has 0 saturated carbocycles. The van der Waals surface area contributed by atoms with Gasteiger partial charge in [0.1, 0.15) is 12.4 Å². The van der Waals surface area contributed by atoms with Crippen molar-refractivity contribution in [1.82, 2.24) is 33.8 Å². The number of hydrogen-bond acceptors (Lipinski definition) is 6. The van der Waals surface area contributed by atoms with Crippen LogP contribution in [0.3, 0.4) is 0 Å². The Morgan fingerprint density at radius 1 is 1.09 bits per heavy atom. The molecular weight excluding hydrogens is 558 g/mol. The van der Waals surface area contributed by atoms with Gasteiger partial charge in [0, 0.05) is 50.4 Å². The van der Waals surface area contributed by atoms with E-state index in [0.29, 0.717) is 56.9 Å². The highest BCUT2D eigenvalue weighted by molar-refractivity contribution is 5.93. The van der Waals surface area contributed by atoms with Gasteiger partial charge in [-0.15, -0.1) is 0 Å². The molecular formula is C30H34F2N8O3. The summed E-state index contributed by atoms with van der Waals surface area (Å²) in [5, 5.41) is 10.4. The van der Waals surface area contributed by atoms with E-state index in [9.17, 15) is 18.4 Å². The van der Waals surface area contributed by atoms with Crippen LogP contribution in [0.15, 0.2) is 41.5 Å². The Bertz CT molecular complexity index is 1980. The highest BCUT2D eigenvalue weighted by atomic mass is 19.3. The van der Waals surface area contributed by atoms with Crippen molar-refractivity contribution in [3.63, 3.8) is 0 Å². The number of amides is 1. The van der Waals surface area contributed by atoms with Gasteiger partial charge in [0.05, 0.1) is 45.2 Å². The van der Waals surface area contributed by atoms with E-state index in [-0.39, 0.29) is 17.9 Å². The Kier molecular flexibility index (Phi) is 6.40. The van der Waals surface area contributed by atoms with Crippen LogP contribution in [0.2, 0.25) is 0 Å². The number of aryl methyl sites for hydroxylation is 3. The minimum Gasteiger partial charge on any atom is -0.447 e. The number of carbonyl (C=O) groups is 1. The van der Waals surface area contributed by atoms with Crippen LogP contribution in [0.1, 0.15) is 45.5 Å². The number of ether oxygens (including phenoxy) is 1. The number of hydrogen-bond donors (Lipinski definition) is 2. The number of halogens is 2. The first kappa shape index (κ1) is 28.4. The van der Waals surface area contributed by atoms with Crippen molar-refractivity contribution in [2.24, 2.45) is 21.1 Å². The van der Waals surface area contributed by atoms with Gasteiger partial charge in [0.15, 0.2) is 0 Å². The average molecular weight is 593 g/mol. The number of imidazole rings is 2. The first-order valence-corrected chi connectivity index (χ1v) is 13.9. The summed E-state index contributed by atoms with van der Waals surface area (Å²) < 4.78 is 40.8. The molecule has 2 aromatic carbocycles. The maximum atomic E-state index is 14.6. The Labute approximate surface area is 246 Å². The normalized spacial score (nSPS) is 17.3. The fourth-order valence-corrected chi connectivity index (χ4v) is 5.72. The van der Waals surface area contributed by atoms with Gasteiger partial charge in [-0.25, -0.2) is 23.4 Å². The van der Waals surface area contributed by atoms with Crippen LogP contribution in [0.25, 0.3) is 38.9 Å². The molecule has 1 aliphatic rings. The minimum absolute atomic E-state index is 0.126. The predicted molar refractivity (Wildman–Crippen MR) is 160 cm³/mol. The van der Waals surface area contributed by atoms with Gasteiger partial charge < -0.3 is 15.4 Å². The van der Waals surface area contributed by atoms with Crippen molar-refractivity contribution in [3.05, 3.63) is 58.5 Å². The van der Waals surface area contributed by atoms with E-state index in [1.54, 1.807) is 53.4 Å². The first-order chi connectivity index (χ1) is 20.2. The van der Waals surface area contributed by atoms with Gasteiger partial charge in [-0.05, 0) is 36.8 Å². The van der Waals surface area contributed by atoms with Crippen molar-refractivity contribution in [2.75, 3.05) is 18.5 Å². The average Bonchev–Trinajstić information content (AvgIpc) is 3.68. The number of alkyl carbamates (subject to hydrolysis) is 1. The van der Waals surface area contributed by atoms with Crippen molar-refractivity contribution in [3.8, 4) is 16.8 Å². The molecule has 1 fully saturated rings. The zero-order valence-electron chi connectivity index (χ0n) is 25.1. The number of alkyl halides is 2. The van der Waals surface area contributed by atoms with Crippen LogP contribution in [0.4, 0.5) is 19.3 Å². The zero-order valence-corrected chi connectivity index (χ0v) is 25.1. The summed E-state index contributed by atoms with van der Waals surface area (Å²) in [6, 6.07) is 6.95.